The number of hydrogen-bond acceptors (Lipinski definition) is 4. The lowest BCUT2D eigenvalue weighted by molar-refractivity contribution is -0.158. The second-order valence-electron chi connectivity index (χ2n) is 4.96. The Labute approximate surface area is 96.1 Å². The minimum absolute atomic E-state index is 0.0262. The van der Waals surface area contributed by atoms with Gasteiger partial charge in [0.1, 0.15) is 13.2 Å². The number of nitrogens with zero attached hydrogens (tertiary/aromatic N) is 1. The Balaban J connectivity index is 2.26. The standard InChI is InChI=1S/C11H20N2O3/c1-11(2,3)12-5-4-6-13-9(14)7-16-8-10(13)15/h12H,4-8H2,1-3H3. The first kappa shape index (κ1) is 13.1. The number of amides is 2. The highest BCUT2D eigenvalue weighted by Crippen LogP contribution is 2.03. The molecule has 1 N–H and O–H groups in total. The van der Waals surface area contributed by atoms with Gasteiger partial charge in [0.25, 0.3) is 11.8 Å². The number of imide groups is 1. The Bertz CT molecular complexity index is 255. The maximum absolute atomic E-state index is 11.4. The molecule has 0 saturated carbocycles. The van der Waals surface area contributed by atoms with E-state index in [4.69, 9.17) is 4.74 Å². The van der Waals surface area contributed by atoms with E-state index in [2.05, 4.69) is 26.1 Å². The van der Waals surface area contributed by atoms with Gasteiger partial charge in [0.05, 0.1) is 0 Å². The fourth-order valence-electron chi connectivity index (χ4n) is 1.47. The summed E-state index contributed by atoms with van der Waals surface area (Å²) in [6, 6.07) is 0. The first-order valence-corrected chi connectivity index (χ1v) is 5.56. The monoisotopic (exact) mass is 228 g/mol. The van der Waals surface area contributed by atoms with Crippen LogP contribution in [0, 0.1) is 0 Å². The summed E-state index contributed by atoms with van der Waals surface area (Å²) >= 11 is 0. The molecule has 0 bridgehead atoms. The summed E-state index contributed by atoms with van der Waals surface area (Å²) in [5.74, 6) is -0.459. The van der Waals surface area contributed by atoms with Crippen molar-refractivity contribution < 1.29 is 14.3 Å². The molecule has 1 rings (SSSR count). The van der Waals surface area contributed by atoms with E-state index < -0.39 is 0 Å². The number of carbonyl (C=O) groups is 2. The van der Waals surface area contributed by atoms with E-state index in [1.807, 2.05) is 0 Å². The molecule has 1 saturated heterocycles. The zero-order chi connectivity index (χ0) is 12.2. The van der Waals surface area contributed by atoms with Crippen molar-refractivity contribution in [2.75, 3.05) is 26.3 Å². The minimum atomic E-state index is -0.230. The van der Waals surface area contributed by atoms with Crippen LogP contribution in [0.15, 0.2) is 0 Å². The Kier molecular flexibility index (Phi) is 4.44. The van der Waals surface area contributed by atoms with Crippen molar-refractivity contribution in [1.29, 1.82) is 0 Å². The van der Waals surface area contributed by atoms with Crippen molar-refractivity contribution in [3.05, 3.63) is 0 Å². The average molecular weight is 228 g/mol. The molecule has 1 heterocycles. The van der Waals surface area contributed by atoms with Crippen LogP contribution in [0.5, 0.6) is 0 Å². The first-order chi connectivity index (χ1) is 7.40. The third kappa shape index (κ3) is 4.28. The molecule has 0 atom stereocenters. The minimum Gasteiger partial charge on any atom is -0.362 e. The SMILES string of the molecule is CC(C)(C)NCCCN1C(=O)COCC1=O. The highest BCUT2D eigenvalue weighted by atomic mass is 16.5. The quantitative estimate of drug-likeness (QED) is 0.549. The molecule has 0 aromatic carbocycles. The zero-order valence-corrected chi connectivity index (χ0v) is 10.2. The maximum Gasteiger partial charge on any atom is 0.255 e. The van der Waals surface area contributed by atoms with Gasteiger partial charge in [0.2, 0.25) is 0 Å². The van der Waals surface area contributed by atoms with Gasteiger partial charge in [-0.15, -0.1) is 0 Å². The fourth-order valence-corrected chi connectivity index (χ4v) is 1.47. The van der Waals surface area contributed by atoms with Crippen molar-refractivity contribution in [3.63, 3.8) is 0 Å². The Morgan fingerprint density at radius 2 is 1.81 bits per heavy atom. The van der Waals surface area contributed by atoms with Gasteiger partial charge in [-0.1, -0.05) is 0 Å². The molecule has 1 aliphatic rings. The lowest BCUT2D eigenvalue weighted by Crippen LogP contribution is -2.47. The molecule has 0 aromatic rings. The van der Waals surface area contributed by atoms with Gasteiger partial charge in [-0.2, -0.15) is 0 Å². The number of rotatable bonds is 4. The van der Waals surface area contributed by atoms with Crippen LogP contribution in [0.25, 0.3) is 0 Å². The van der Waals surface area contributed by atoms with E-state index in [0.29, 0.717) is 6.54 Å². The Morgan fingerprint density at radius 3 is 2.31 bits per heavy atom. The predicted molar refractivity (Wildman–Crippen MR) is 59.9 cm³/mol. The van der Waals surface area contributed by atoms with E-state index in [-0.39, 0.29) is 30.6 Å². The van der Waals surface area contributed by atoms with Gasteiger partial charge in [-0.3, -0.25) is 14.5 Å². The first-order valence-electron chi connectivity index (χ1n) is 5.56. The van der Waals surface area contributed by atoms with Gasteiger partial charge < -0.3 is 10.1 Å². The van der Waals surface area contributed by atoms with Gasteiger partial charge in [-0.25, -0.2) is 0 Å². The summed E-state index contributed by atoms with van der Waals surface area (Å²) in [6.07, 6.45) is 0.773. The molecule has 2 amide bonds. The topological polar surface area (TPSA) is 58.6 Å². The van der Waals surface area contributed by atoms with Crippen LogP contribution in [0.2, 0.25) is 0 Å². The van der Waals surface area contributed by atoms with Crippen LogP contribution < -0.4 is 5.32 Å². The lowest BCUT2D eigenvalue weighted by Gasteiger charge is -2.26. The van der Waals surface area contributed by atoms with Crippen LogP contribution in [-0.2, 0) is 14.3 Å². The molecular formula is C11H20N2O3. The van der Waals surface area contributed by atoms with Crippen LogP contribution in [0.3, 0.4) is 0 Å². The zero-order valence-electron chi connectivity index (χ0n) is 10.2. The largest absolute Gasteiger partial charge is 0.362 e. The fraction of sp³-hybridized carbons (Fsp3) is 0.818. The molecule has 92 valence electrons. The maximum atomic E-state index is 11.4. The van der Waals surface area contributed by atoms with E-state index in [9.17, 15) is 9.59 Å². The highest BCUT2D eigenvalue weighted by molar-refractivity contribution is 5.98. The van der Waals surface area contributed by atoms with E-state index in [1.54, 1.807) is 0 Å². The molecule has 0 unspecified atom stereocenters. The summed E-state index contributed by atoms with van der Waals surface area (Å²) in [5, 5.41) is 3.31. The summed E-state index contributed by atoms with van der Waals surface area (Å²) in [4.78, 5) is 24.0. The second kappa shape index (κ2) is 5.41. The third-order valence-electron chi connectivity index (χ3n) is 2.27. The van der Waals surface area contributed by atoms with E-state index in [0.717, 1.165) is 13.0 Å². The predicted octanol–water partition coefficient (Wildman–Crippen LogP) is 0.150. The summed E-state index contributed by atoms with van der Waals surface area (Å²) < 4.78 is 4.83. The lowest BCUT2D eigenvalue weighted by atomic mass is 10.1. The molecule has 5 nitrogen and oxygen atoms in total. The van der Waals surface area contributed by atoms with Crippen LogP contribution in [-0.4, -0.2) is 48.6 Å². The van der Waals surface area contributed by atoms with Crippen molar-refractivity contribution in [1.82, 2.24) is 10.2 Å². The Hall–Kier alpha value is -0.940. The van der Waals surface area contributed by atoms with Gasteiger partial charge in [0, 0.05) is 12.1 Å². The number of hydrogen-bond donors (Lipinski definition) is 1. The molecule has 1 aliphatic heterocycles. The van der Waals surface area contributed by atoms with Crippen LogP contribution in [0.4, 0.5) is 0 Å². The Morgan fingerprint density at radius 1 is 1.25 bits per heavy atom. The summed E-state index contributed by atoms with van der Waals surface area (Å²) in [7, 11) is 0. The van der Waals surface area contributed by atoms with Crippen molar-refractivity contribution >= 4 is 11.8 Å². The van der Waals surface area contributed by atoms with Crippen LogP contribution in [0.1, 0.15) is 27.2 Å². The summed E-state index contributed by atoms with van der Waals surface area (Å²) in [5.41, 5.74) is 0.0685. The number of nitrogens with one attached hydrogen (secondary N) is 1. The van der Waals surface area contributed by atoms with Crippen LogP contribution >= 0.6 is 0 Å². The van der Waals surface area contributed by atoms with Gasteiger partial charge >= 0.3 is 0 Å². The normalized spacial score (nSPS) is 18.1. The van der Waals surface area contributed by atoms with Crippen molar-refractivity contribution in [3.8, 4) is 0 Å². The molecular weight excluding hydrogens is 208 g/mol. The van der Waals surface area contributed by atoms with E-state index >= 15 is 0 Å². The smallest absolute Gasteiger partial charge is 0.255 e. The third-order valence-corrected chi connectivity index (χ3v) is 2.27. The molecule has 16 heavy (non-hydrogen) atoms. The number of morpholine rings is 1. The number of ether oxygens (including phenoxy) is 1. The van der Waals surface area contributed by atoms with Gasteiger partial charge in [0.15, 0.2) is 0 Å². The molecule has 0 aliphatic carbocycles. The van der Waals surface area contributed by atoms with E-state index in [1.165, 1.54) is 4.90 Å². The van der Waals surface area contributed by atoms with Gasteiger partial charge in [-0.05, 0) is 33.7 Å². The van der Waals surface area contributed by atoms with Crippen molar-refractivity contribution in [2.24, 2.45) is 0 Å². The molecule has 0 spiro atoms. The summed E-state index contributed by atoms with van der Waals surface area (Å²) in [6.45, 7) is 7.57. The number of carbonyl (C=O) groups excluding carboxylic acids is 2. The molecule has 0 radical (unpaired) electrons. The highest BCUT2D eigenvalue weighted by Gasteiger charge is 2.25. The second-order valence-corrected chi connectivity index (χ2v) is 4.96. The molecule has 0 aromatic heterocycles. The average Bonchev–Trinajstić information content (AvgIpc) is 2.14. The van der Waals surface area contributed by atoms with Crippen molar-refractivity contribution in [2.45, 2.75) is 32.7 Å². The molecule has 5 heteroatoms. The molecule has 1 fully saturated rings.